The molecule has 0 rings (SSSR count). The third kappa shape index (κ3) is 3.83. The van der Waals surface area contributed by atoms with Crippen molar-refractivity contribution in [3.63, 3.8) is 0 Å². The van der Waals surface area contributed by atoms with Gasteiger partial charge in [-0.3, -0.25) is 0 Å². The average molecular weight is 116 g/mol. The van der Waals surface area contributed by atoms with E-state index in [0.29, 0.717) is 6.42 Å². The van der Waals surface area contributed by atoms with Gasteiger partial charge >= 0.3 is 7.69 Å². The van der Waals surface area contributed by atoms with Crippen LogP contribution in [0.3, 0.4) is 0 Å². The van der Waals surface area contributed by atoms with Gasteiger partial charge in [0.1, 0.15) is 6.29 Å². The van der Waals surface area contributed by atoms with Gasteiger partial charge in [-0.05, 0) is 6.92 Å². The van der Waals surface area contributed by atoms with Gasteiger partial charge in [0, 0.05) is 12.5 Å². The summed E-state index contributed by atoms with van der Waals surface area (Å²) in [6.45, 7) is 1.73. The Kier molecular flexibility index (Phi) is 4.60. The Morgan fingerprint density at radius 2 is 2.62 bits per heavy atom. The van der Waals surface area contributed by atoms with Crippen LogP contribution in [0, 0.1) is 0 Å². The minimum atomic E-state index is -0.311. The average Bonchev–Trinajstić information content (AvgIpc) is 1.68. The van der Waals surface area contributed by atoms with Crippen molar-refractivity contribution in [3.05, 3.63) is 0 Å². The number of carbonyl (C=O) groups is 1. The standard InChI is InChI=1S/C4H9BO3/c1-4(2-3-6)8-5-7/h3-5,7H,2H2,1H3. The van der Waals surface area contributed by atoms with E-state index in [1.807, 2.05) is 0 Å². The summed E-state index contributed by atoms with van der Waals surface area (Å²) in [5, 5.41) is 8.13. The Labute approximate surface area is 49.0 Å². The van der Waals surface area contributed by atoms with Crippen molar-refractivity contribution in [2.75, 3.05) is 0 Å². The SMILES string of the molecule is CC(CC=O)OBO. The van der Waals surface area contributed by atoms with Crippen LogP contribution in [0.15, 0.2) is 0 Å². The highest BCUT2D eigenvalue weighted by atomic mass is 16.5. The van der Waals surface area contributed by atoms with Gasteiger partial charge in [-0.1, -0.05) is 0 Å². The van der Waals surface area contributed by atoms with Crippen LogP contribution >= 0.6 is 0 Å². The van der Waals surface area contributed by atoms with E-state index in [1.165, 1.54) is 0 Å². The molecule has 0 aliphatic rings. The van der Waals surface area contributed by atoms with E-state index in [4.69, 9.17) is 5.02 Å². The third-order valence-corrected chi connectivity index (χ3v) is 0.787. The first-order valence-corrected chi connectivity index (χ1v) is 2.47. The summed E-state index contributed by atoms with van der Waals surface area (Å²) >= 11 is 0. The minimum Gasteiger partial charge on any atom is -0.430 e. The summed E-state index contributed by atoms with van der Waals surface area (Å²) in [7, 11) is -0.311. The maximum absolute atomic E-state index is 9.73. The summed E-state index contributed by atoms with van der Waals surface area (Å²) in [6.07, 6.45) is 0.957. The fraction of sp³-hybridized carbons (Fsp3) is 0.750. The van der Waals surface area contributed by atoms with Crippen molar-refractivity contribution in [2.45, 2.75) is 19.4 Å². The molecule has 4 heteroatoms. The second-order valence-electron chi connectivity index (χ2n) is 1.51. The molecule has 0 aliphatic heterocycles. The van der Waals surface area contributed by atoms with Crippen LogP contribution in [0.5, 0.6) is 0 Å². The van der Waals surface area contributed by atoms with E-state index >= 15 is 0 Å². The normalized spacial score (nSPS) is 12.8. The van der Waals surface area contributed by atoms with Crippen LogP contribution in [0.25, 0.3) is 0 Å². The molecule has 1 unspecified atom stereocenters. The lowest BCUT2D eigenvalue weighted by atomic mass is 10.3. The fourth-order valence-electron chi connectivity index (χ4n) is 0.331. The lowest BCUT2D eigenvalue weighted by molar-refractivity contribution is -0.109. The molecule has 0 aromatic carbocycles. The molecule has 0 bridgehead atoms. The molecule has 1 N–H and O–H groups in total. The van der Waals surface area contributed by atoms with Crippen molar-refractivity contribution in [1.29, 1.82) is 0 Å². The molecular weight excluding hydrogens is 107 g/mol. The van der Waals surface area contributed by atoms with Crippen LogP contribution in [-0.4, -0.2) is 25.1 Å². The summed E-state index contributed by atoms with van der Waals surface area (Å²) in [5.74, 6) is 0. The molecule has 8 heavy (non-hydrogen) atoms. The summed E-state index contributed by atoms with van der Waals surface area (Å²) < 4.78 is 4.61. The predicted octanol–water partition coefficient (Wildman–Crippen LogP) is -0.761. The van der Waals surface area contributed by atoms with Crippen molar-refractivity contribution in [3.8, 4) is 0 Å². The van der Waals surface area contributed by atoms with Gasteiger partial charge in [0.15, 0.2) is 0 Å². The van der Waals surface area contributed by atoms with Crippen LogP contribution < -0.4 is 0 Å². The van der Waals surface area contributed by atoms with Crippen molar-refractivity contribution in [1.82, 2.24) is 0 Å². The quantitative estimate of drug-likeness (QED) is 0.387. The largest absolute Gasteiger partial charge is 0.435 e. The summed E-state index contributed by atoms with van der Waals surface area (Å²) in [5.41, 5.74) is 0. The molecule has 0 radical (unpaired) electrons. The monoisotopic (exact) mass is 116 g/mol. The number of hydrogen-bond acceptors (Lipinski definition) is 3. The van der Waals surface area contributed by atoms with Crippen LogP contribution in [-0.2, 0) is 9.45 Å². The summed E-state index contributed by atoms with van der Waals surface area (Å²) in [6, 6.07) is 0. The Balaban J connectivity index is 3.03. The van der Waals surface area contributed by atoms with Gasteiger partial charge < -0.3 is 14.5 Å². The first-order valence-electron chi connectivity index (χ1n) is 2.47. The summed E-state index contributed by atoms with van der Waals surface area (Å²) in [4.78, 5) is 9.73. The Hall–Kier alpha value is -0.345. The molecule has 0 spiro atoms. The maximum Gasteiger partial charge on any atom is 0.435 e. The lowest BCUT2D eigenvalue weighted by Crippen LogP contribution is -2.11. The Bertz CT molecular complexity index is 66.3. The second kappa shape index (κ2) is 4.81. The predicted molar refractivity (Wildman–Crippen MR) is 30.6 cm³/mol. The second-order valence-corrected chi connectivity index (χ2v) is 1.51. The van der Waals surface area contributed by atoms with Crippen LogP contribution in [0.4, 0.5) is 0 Å². The number of carbonyl (C=O) groups excluding carboxylic acids is 1. The first-order chi connectivity index (χ1) is 3.81. The van der Waals surface area contributed by atoms with Gasteiger partial charge in [0.2, 0.25) is 0 Å². The van der Waals surface area contributed by atoms with Crippen LogP contribution in [0.1, 0.15) is 13.3 Å². The molecule has 0 amide bonds. The van der Waals surface area contributed by atoms with Crippen molar-refractivity contribution >= 4 is 14.0 Å². The Morgan fingerprint density at radius 1 is 2.00 bits per heavy atom. The lowest BCUT2D eigenvalue weighted by Gasteiger charge is -2.03. The zero-order chi connectivity index (χ0) is 6.41. The zero-order valence-corrected chi connectivity index (χ0v) is 4.83. The molecule has 0 saturated heterocycles. The van der Waals surface area contributed by atoms with Crippen LogP contribution in [0.2, 0.25) is 0 Å². The van der Waals surface area contributed by atoms with E-state index in [1.54, 1.807) is 6.92 Å². The number of rotatable bonds is 4. The van der Waals surface area contributed by atoms with Crippen molar-refractivity contribution in [2.24, 2.45) is 0 Å². The number of aldehydes is 1. The highest BCUT2D eigenvalue weighted by Crippen LogP contribution is 1.89. The number of hydrogen-bond donors (Lipinski definition) is 1. The minimum absolute atomic E-state index is 0.155. The molecule has 1 atom stereocenters. The topological polar surface area (TPSA) is 46.5 Å². The fourth-order valence-corrected chi connectivity index (χ4v) is 0.331. The van der Waals surface area contributed by atoms with E-state index < -0.39 is 0 Å². The van der Waals surface area contributed by atoms with Gasteiger partial charge in [-0.25, -0.2) is 0 Å². The zero-order valence-electron chi connectivity index (χ0n) is 4.83. The van der Waals surface area contributed by atoms with Gasteiger partial charge in [-0.2, -0.15) is 0 Å². The molecule has 46 valence electrons. The van der Waals surface area contributed by atoms with Gasteiger partial charge in [-0.15, -0.1) is 0 Å². The molecule has 0 aromatic rings. The molecule has 0 aliphatic carbocycles. The highest BCUT2D eigenvalue weighted by molar-refractivity contribution is 6.15. The molecule has 0 heterocycles. The smallest absolute Gasteiger partial charge is 0.430 e. The van der Waals surface area contributed by atoms with Gasteiger partial charge in [0.25, 0.3) is 0 Å². The van der Waals surface area contributed by atoms with Crippen molar-refractivity contribution < 1.29 is 14.5 Å². The molecule has 3 nitrogen and oxygen atoms in total. The molecule has 0 aromatic heterocycles. The van der Waals surface area contributed by atoms with E-state index in [2.05, 4.69) is 4.65 Å². The maximum atomic E-state index is 9.73. The molecular formula is C4H9BO3. The van der Waals surface area contributed by atoms with E-state index in [-0.39, 0.29) is 13.8 Å². The first kappa shape index (κ1) is 7.65. The Morgan fingerprint density at radius 3 is 3.00 bits per heavy atom. The van der Waals surface area contributed by atoms with E-state index in [0.717, 1.165) is 6.29 Å². The highest BCUT2D eigenvalue weighted by Gasteiger charge is 1.97. The van der Waals surface area contributed by atoms with Gasteiger partial charge in [0.05, 0.1) is 0 Å². The van der Waals surface area contributed by atoms with E-state index in [9.17, 15) is 4.79 Å². The third-order valence-electron chi connectivity index (χ3n) is 0.787. The molecule has 0 saturated carbocycles. The molecule has 0 fully saturated rings.